The van der Waals surface area contributed by atoms with E-state index >= 15 is 0 Å². The topological polar surface area (TPSA) is 47.6 Å². The molecule has 1 unspecified atom stereocenters. The van der Waals surface area contributed by atoms with Gasteiger partial charge in [0.1, 0.15) is 0 Å². The van der Waals surface area contributed by atoms with E-state index in [1.54, 1.807) is 0 Å². The standard InChI is InChI=1S/C15H19NO3/c17-15(19-10-11-4-6-18-9-11)13-2-1-12-3-5-16-8-14(12)7-13/h1-2,7,11,16H,3-6,8-10H2. The van der Waals surface area contributed by atoms with Crippen molar-refractivity contribution in [1.82, 2.24) is 5.32 Å². The Hall–Kier alpha value is -1.39. The van der Waals surface area contributed by atoms with Crippen molar-refractivity contribution in [3.63, 3.8) is 0 Å². The SMILES string of the molecule is O=C(OCC1CCOC1)c1ccc2c(c1)CNCC2. The maximum atomic E-state index is 12.0. The van der Waals surface area contributed by atoms with E-state index in [2.05, 4.69) is 5.32 Å². The first-order valence-electron chi connectivity index (χ1n) is 6.90. The van der Waals surface area contributed by atoms with Crippen LogP contribution in [-0.2, 0) is 22.4 Å². The van der Waals surface area contributed by atoms with Crippen LogP contribution in [0.5, 0.6) is 0 Å². The molecule has 0 spiro atoms. The monoisotopic (exact) mass is 261 g/mol. The highest BCUT2D eigenvalue weighted by atomic mass is 16.5. The van der Waals surface area contributed by atoms with Crippen molar-refractivity contribution in [2.24, 2.45) is 5.92 Å². The number of fused-ring (bicyclic) bond motifs is 1. The number of nitrogens with one attached hydrogen (secondary N) is 1. The summed E-state index contributed by atoms with van der Waals surface area (Å²) in [6, 6.07) is 5.87. The fraction of sp³-hybridized carbons (Fsp3) is 0.533. The smallest absolute Gasteiger partial charge is 0.338 e. The van der Waals surface area contributed by atoms with Gasteiger partial charge in [-0.05, 0) is 42.6 Å². The molecule has 4 heteroatoms. The van der Waals surface area contributed by atoms with Gasteiger partial charge in [-0.15, -0.1) is 0 Å². The lowest BCUT2D eigenvalue weighted by atomic mass is 9.98. The molecule has 1 aromatic rings. The van der Waals surface area contributed by atoms with E-state index in [1.807, 2.05) is 18.2 Å². The first-order chi connectivity index (χ1) is 9.33. The van der Waals surface area contributed by atoms with E-state index in [1.165, 1.54) is 11.1 Å². The molecular formula is C15H19NO3. The van der Waals surface area contributed by atoms with Gasteiger partial charge < -0.3 is 14.8 Å². The second kappa shape index (κ2) is 5.72. The highest BCUT2D eigenvalue weighted by Gasteiger charge is 2.19. The van der Waals surface area contributed by atoms with E-state index in [0.717, 1.165) is 32.5 Å². The molecule has 1 saturated heterocycles. The van der Waals surface area contributed by atoms with Gasteiger partial charge in [0.15, 0.2) is 0 Å². The Balaban J connectivity index is 1.62. The van der Waals surface area contributed by atoms with Gasteiger partial charge in [-0.25, -0.2) is 4.79 Å². The summed E-state index contributed by atoms with van der Waals surface area (Å²) >= 11 is 0. The molecule has 1 aromatic carbocycles. The zero-order chi connectivity index (χ0) is 13.1. The molecule has 0 aromatic heterocycles. The van der Waals surface area contributed by atoms with Gasteiger partial charge in [0.05, 0.1) is 18.8 Å². The maximum Gasteiger partial charge on any atom is 0.338 e. The van der Waals surface area contributed by atoms with E-state index in [0.29, 0.717) is 24.7 Å². The van der Waals surface area contributed by atoms with Crippen LogP contribution >= 0.6 is 0 Å². The molecule has 0 saturated carbocycles. The predicted octanol–water partition coefficient (Wildman–Crippen LogP) is 1.53. The van der Waals surface area contributed by atoms with Crippen LogP contribution in [0.1, 0.15) is 27.9 Å². The molecule has 3 rings (SSSR count). The number of carbonyl (C=O) groups excluding carboxylic acids is 1. The Kier molecular flexibility index (Phi) is 3.80. The lowest BCUT2D eigenvalue weighted by Gasteiger charge is -2.17. The third-order valence-corrected chi connectivity index (χ3v) is 3.80. The Bertz CT molecular complexity index is 466. The van der Waals surface area contributed by atoms with Crippen molar-refractivity contribution in [1.29, 1.82) is 0 Å². The highest BCUT2D eigenvalue weighted by Crippen LogP contribution is 2.18. The molecule has 2 aliphatic heterocycles. The molecule has 1 N–H and O–H groups in total. The van der Waals surface area contributed by atoms with Gasteiger partial charge in [-0.1, -0.05) is 6.07 Å². The summed E-state index contributed by atoms with van der Waals surface area (Å²) in [5.41, 5.74) is 3.20. The predicted molar refractivity (Wildman–Crippen MR) is 71.1 cm³/mol. The molecule has 102 valence electrons. The van der Waals surface area contributed by atoms with Crippen LogP contribution in [0.3, 0.4) is 0 Å². The lowest BCUT2D eigenvalue weighted by molar-refractivity contribution is 0.0428. The maximum absolute atomic E-state index is 12.0. The molecule has 0 bridgehead atoms. The lowest BCUT2D eigenvalue weighted by Crippen LogP contribution is -2.24. The average Bonchev–Trinajstić information content (AvgIpc) is 2.97. The number of carbonyl (C=O) groups is 1. The van der Waals surface area contributed by atoms with E-state index in [9.17, 15) is 4.79 Å². The third kappa shape index (κ3) is 2.96. The van der Waals surface area contributed by atoms with Gasteiger partial charge >= 0.3 is 5.97 Å². The first-order valence-corrected chi connectivity index (χ1v) is 6.90. The van der Waals surface area contributed by atoms with Crippen molar-refractivity contribution in [3.05, 3.63) is 34.9 Å². The number of esters is 1. The number of hydrogen-bond acceptors (Lipinski definition) is 4. The summed E-state index contributed by atoms with van der Waals surface area (Å²) in [6.07, 6.45) is 2.02. The van der Waals surface area contributed by atoms with Crippen LogP contribution in [-0.4, -0.2) is 32.3 Å². The van der Waals surface area contributed by atoms with Gasteiger partial charge in [-0.2, -0.15) is 0 Å². The molecule has 0 aliphatic carbocycles. The van der Waals surface area contributed by atoms with Gasteiger partial charge in [0.25, 0.3) is 0 Å². The minimum Gasteiger partial charge on any atom is -0.462 e. The molecule has 4 nitrogen and oxygen atoms in total. The molecule has 19 heavy (non-hydrogen) atoms. The van der Waals surface area contributed by atoms with E-state index in [4.69, 9.17) is 9.47 Å². The average molecular weight is 261 g/mol. The molecule has 2 aliphatic rings. The molecule has 1 atom stereocenters. The highest BCUT2D eigenvalue weighted by molar-refractivity contribution is 5.89. The van der Waals surface area contributed by atoms with Gasteiger partial charge in [0.2, 0.25) is 0 Å². The minimum absolute atomic E-state index is 0.222. The summed E-state index contributed by atoms with van der Waals surface area (Å²) in [5, 5.41) is 3.32. The molecule has 2 heterocycles. The molecule has 1 fully saturated rings. The Morgan fingerprint density at radius 3 is 3.21 bits per heavy atom. The van der Waals surface area contributed by atoms with Crippen LogP contribution < -0.4 is 5.32 Å². The zero-order valence-electron chi connectivity index (χ0n) is 11.0. The quantitative estimate of drug-likeness (QED) is 0.838. The Labute approximate surface area is 113 Å². The van der Waals surface area contributed by atoms with Crippen LogP contribution in [0.4, 0.5) is 0 Å². The summed E-state index contributed by atoms with van der Waals surface area (Å²) < 4.78 is 10.6. The van der Waals surface area contributed by atoms with Gasteiger partial charge in [-0.3, -0.25) is 0 Å². The van der Waals surface area contributed by atoms with Crippen LogP contribution in [0, 0.1) is 5.92 Å². The largest absolute Gasteiger partial charge is 0.462 e. The third-order valence-electron chi connectivity index (χ3n) is 3.80. The summed E-state index contributed by atoms with van der Waals surface area (Å²) in [5.74, 6) is 0.142. The van der Waals surface area contributed by atoms with E-state index in [-0.39, 0.29) is 5.97 Å². The molecule has 0 radical (unpaired) electrons. The zero-order valence-corrected chi connectivity index (χ0v) is 11.0. The number of ether oxygens (including phenoxy) is 2. The second-order valence-corrected chi connectivity index (χ2v) is 5.24. The van der Waals surface area contributed by atoms with Crippen molar-refractivity contribution >= 4 is 5.97 Å². The molecular weight excluding hydrogens is 242 g/mol. The number of rotatable bonds is 3. The fourth-order valence-electron chi connectivity index (χ4n) is 2.60. The fourth-order valence-corrected chi connectivity index (χ4v) is 2.60. The van der Waals surface area contributed by atoms with Crippen LogP contribution in [0.25, 0.3) is 0 Å². The normalized spacial score (nSPS) is 22.0. The van der Waals surface area contributed by atoms with Crippen molar-refractivity contribution in [2.75, 3.05) is 26.4 Å². The molecule has 0 amide bonds. The second-order valence-electron chi connectivity index (χ2n) is 5.24. The van der Waals surface area contributed by atoms with Crippen molar-refractivity contribution in [3.8, 4) is 0 Å². The first kappa shape index (κ1) is 12.6. The van der Waals surface area contributed by atoms with Gasteiger partial charge in [0, 0.05) is 19.1 Å². The summed E-state index contributed by atoms with van der Waals surface area (Å²) in [7, 11) is 0. The Morgan fingerprint density at radius 2 is 2.37 bits per heavy atom. The summed E-state index contributed by atoms with van der Waals surface area (Å²) in [4.78, 5) is 12.0. The Morgan fingerprint density at radius 1 is 1.42 bits per heavy atom. The number of hydrogen-bond donors (Lipinski definition) is 1. The van der Waals surface area contributed by atoms with Crippen molar-refractivity contribution < 1.29 is 14.3 Å². The minimum atomic E-state index is -0.222. The van der Waals surface area contributed by atoms with Crippen molar-refractivity contribution in [2.45, 2.75) is 19.4 Å². The van der Waals surface area contributed by atoms with E-state index < -0.39 is 0 Å². The summed E-state index contributed by atoms with van der Waals surface area (Å²) in [6.45, 7) is 3.81. The van der Waals surface area contributed by atoms with Crippen LogP contribution in [0.15, 0.2) is 18.2 Å². The van der Waals surface area contributed by atoms with Crippen LogP contribution in [0.2, 0.25) is 0 Å². The number of benzene rings is 1.